The highest BCUT2D eigenvalue weighted by molar-refractivity contribution is 5.93. The molecule has 1 heterocycles. The SMILES string of the molecule is CC(CCCO)NC(=O)Nc1cc(F)ccc1N1CCCCC1. The molecule has 1 aliphatic heterocycles. The molecule has 0 aromatic heterocycles. The summed E-state index contributed by atoms with van der Waals surface area (Å²) in [6, 6.07) is 4.12. The summed E-state index contributed by atoms with van der Waals surface area (Å²) >= 11 is 0. The molecular weight excluding hydrogens is 297 g/mol. The quantitative estimate of drug-likeness (QED) is 0.754. The molecule has 1 aromatic carbocycles. The molecule has 0 bridgehead atoms. The molecule has 1 aromatic rings. The number of nitrogens with zero attached hydrogens (tertiary/aromatic N) is 1. The molecule has 5 nitrogen and oxygen atoms in total. The number of nitrogens with one attached hydrogen (secondary N) is 2. The van der Waals surface area contributed by atoms with Crippen molar-refractivity contribution in [2.24, 2.45) is 0 Å². The maximum Gasteiger partial charge on any atom is 0.319 e. The van der Waals surface area contributed by atoms with Crippen LogP contribution in [0.1, 0.15) is 39.0 Å². The van der Waals surface area contributed by atoms with E-state index in [1.165, 1.54) is 18.6 Å². The van der Waals surface area contributed by atoms with Crippen molar-refractivity contribution in [3.8, 4) is 0 Å². The van der Waals surface area contributed by atoms with Gasteiger partial charge in [-0.2, -0.15) is 0 Å². The van der Waals surface area contributed by atoms with Crippen LogP contribution < -0.4 is 15.5 Å². The van der Waals surface area contributed by atoms with Crippen LogP contribution in [-0.4, -0.2) is 36.9 Å². The normalized spacial score (nSPS) is 16.0. The summed E-state index contributed by atoms with van der Waals surface area (Å²) in [6.07, 6.45) is 4.78. The van der Waals surface area contributed by atoms with Crippen molar-refractivity contribution in [3.05, 3.63) is 24.0 Å². The van der Waals surface area contributed by atoms with Gasteiger partial charge >= 0.3 is 6.03 Å². The number of benzene rings is 1. The second-order valence-electron chi connectivity index (χ2n) is 6.07. The average Bonchev–Trinajstić information content (AvgIpc) is 2.53. The molecule has 2 rings (SSSR count). The van der Waals surface area contributed by atoms with Crippen molar-refractivity contribution in [3.63, 3.8) is 0 Å². The van der Waals surface area contributed by atoms with Gasteiger partial charge in [-0.3, -0.25) is 0 Å². The number of rotatable bonds is 6. The van der Waals surface area contributed by atoms with Crippen LogP contribution in [0, 0.1) is 5.82 Å². The number of carbonyl (C=O) groups is 1. The molecule has 0 saturated carbocycles. The molecule has 2 amide bonds. The summed E-state index contributed by atoms with van der Waals surface area (Å²) < 4.78 is 13.6. The predicted octanol–water partition coefficient (Wildman–Crippen LogP) is 3.10. The summed E-state index contributed by atoms with van der Waals surface area (Å²) in [5.41, 5.74) is 1.36. The Balaban J connectivity index is 2.02. The van der Waals surface area contributed by atoms with Gasteiger partial charge in [0.05, 0.1) is 11.4 Å². The Morgan fingerprint density at radius 2 is 2.09 bits per heavy atom. The lowest BCUT2D eigenvalue weighted by atomic mass is 10.1. The fourth-order valence-corrected chi connectivity index (χ4v) is 2.87. The van der Waals surface area contributed by atoms with Crippen molar-refractivity contribution in [1.82, 2.24) is 5.32 Å². The number of halogens is 1. The van der Waals surface area contributed by atoms with Crippen molar-refractivity contribution >= 4 is 17.4 Å². The molecular formula is C17H26FN3O2. The second kappa shape index (κ2) is 8.72. The molecule has 128 valence electrons. The highest BCUT2D eigenvalue weighted by atomic mass is 19.1. The van der Waals surface area contributed by atoms with Crippen LogP contribution >= 0.6 is 0 Å². The van der Waals surface area contributed by atoms with E-state index in [9.17, 15) is 9.18 Å². The third-order valence-corrected chi connectivity index (χ3v) is 4.08. The minimum atomic E-state index is -0.366. The highest BCUT2D eigenvalue weighted by Crippen LogP contribution is 2.29. The number of aliphatic hydroxyl groups is 1. The Labute approximate surface area is 136 Å². The minimum Gasteiger partial charge on any atom is -0.396 e. The highest BCUT2D eigenvalue weighted by Gasteiger charge is 2.17. The Morgan fingerprint density at radius 3 is 2.78 bits per heavy atom. The van der Waals surface area contributed by atoms with E-state index in [1.807, 2.05) is 6.92 Å². The molecule has 1 aliphatic rings. The van der Waals surface area contributed by atoms with Crippen LogP contribution in [0.3, 0.4) is 0 Å². The van der Waals surface area contributed by atoms with Gasteiger partial charge in [-0.15, -0.1) is 0 Å². The molecule has 23 heavy (non-hydrogen) atoms. The van der Waals surface area contributed by atoms with Crippen LogP contribution in [0.25, 0.3) is 0 Å². The Kier molecular flexibility index (Phi) is 6.65. The fraction of sp³-hybridized carbons (Fsp3) is 0.588. The average molecular weight is 323 g/mol. The van der Waals surface area contributed by atoms with E-state index in [0.29, 0.717) is 18.5 Å². The van der Waals surface area contributed by atoms with E-state index in [1.54, 1.807) is 6.07 Å². The summed E-state index contributed by atoms with van der Waals surface area (Å²) in [5, 5.41) is 14.4. The zero-order valence-corrected chi connectivity index (χ0v) is 13.6. The van der Waals surface area contributed by atoms with Gasteiger partial charge in [0.2, 0.25) is 0 Å². The molecule has 1 fully saturated rings. The van der Waals surface area contributed by atoms with Gasteiger partial charge in [-0.05, 0) is 57.2 Å². The van der Waals surface area contributed by atoms with Gasteiger partial charge in [0, 0.05) is 25.7 Å². The Morgan fingerprint density at radius 1 is 1.35 bits per heavy atom. The summed E-state index contributed by atoms with van der Waals surface area (Å²) in [6.45, 7) is 3.84. The molecule has 0 radical (unpaired) electrons. The molecule has 0 spiro atoms. The minimum absolute atomic E-state index is 0.0471. The van der Waals surface area contributed by atoms with E-state index < -0.39 is 0 Å². The third-order valence-electron chi connectivity index (χ3n) is 4.08. The van der Waals surface area contributed by atoms with E-state index in [4.69, 9.17) is 5.11 Å². The summed E-state index contributed by atoms with van der Waals surface area (Å²) in [5.74, 6) is -0.366. The monoisotopic (exact) mass is 323 g/mol. The number of hydrogen-bond donors (Lipinski definition) is 3. The second-order valence-corrected chi connectivity index (χ2v) is 6.07. The fourth-order valence-electron chi connectivity index (χ4n) is 2.87. The largest absolute Gasteiger partial charge is 0.396 e. The zero-order valence-electron chi connectivity index (χ0n) is 13.6. The lowest BCUT2D eigenvalue weighted by molar-refractivity contribution is 0.245. The van der Waals surface area contributed by atoms with Crippen LogP contribution in [0.2, 0.25) is 0 Å². The van der Waals surface area contributed by atoms with Gasteiger partial charge < -0.3 is 20.6 Å². The number of carbonyl (C=O) groups excluding carboxylic acids is 1. The zero-order chi connectivity index (χ0) is 16.7. The maximum atomic E-state index is 13.6. The molecule has 3 N–H and O–H groups in total. The molecule has 0 aliphatic carbocycles. The van der Waals surface area contributed by atoms with Gasteiger partial charge in [0.1, 0.15) is 5.82 Å². The van der Waals surface area contributed by atoms with Crippen molar-refractivity contribution in [2.45, 2.75) is 45.1 Å². The first kappa shape index (κ1) is 17.5. The Hall–Kier alpha value is -1.82. The first-order chi connectivity index (χ1) is 11.1. The van der Waals surface area contributed by atoms with Crippen molar-refractivity contribution in [2.75, 3.05) is 29.9 Å². The number of hydrogen-bond acceptors (Lipinski definition) is 3. The van der Waals surface area contributed by atoms with Gasteiger partial charge in [-0.25, -0.2) is 9.18 Å². The number of piperidine rings is 1. The van der Waals surface area contributed by atoms with E-state index >= 15 is 0 Å². The predicted molar refractivity (Wildman–Crippen MR) is 90.4 cm³/mol. The lowest BCUT2D eigenvalue weighted by Crippen LogP contribution is -2.37. The van der Waals surface area contributed by atoms with E-state index in [0.717, 1.165) is 31.6 Å². The summed E-state index contributed by atoms with van der Waals surface area (Å²) in [4.78, 5) is 14.3. The molecule has 1 unspecified atom stereocenters. The first-order valence-corrected chi connectivity index (χ1v) is 8.33. The van der Waals surface area contributed by atoms with Crippen LogP contribution in [0.15, 0.2) is 18.2 Å². The molecule has 1 atom stereocenters. The van der Waals surface area contributed by atoms with Crippen molar-refractivity contribution < 1.29 is 14.3 Å². The Bertz CT molecular complexity index is 519. The van der Waals surface area contributed by atoms with Gasteiger partial charge in [0.25, 0.3) is 0 Å². The number of aliphatic hydroxyl groups excluding tert-OH is 1. The van der Waals surface area contributed by atoms with Gasteiger partial charge in [0.15, 0.2) is 0 Å². The standard InChI is InChI=1S/C17H26FN3O2/c1-13(6-5-11-22)19-17(23)20-15-12-14(18)7-8-16(15)21-9-3-2-4-10-21/h7-8,12-13,22H,2-6,9-11H2,1H3,(H2,19,20,23). The first-order valence-electron chi connectivity index (χ1n) is 8.33. The van der Waals surface area contributed by atoms with E-state index in [-0.39, 0.29) is 24.5 Å². The third kappa shape index (κ3) is 5.39. The van der Waals surface area contributed by atoms with E-state index in [2.05, 4.69) is 15.5 Å². The van der Waals surface area contributed by atoms with Crippen molar-refractivity contribution in [1.29, 1.82) is 0 Å². The van der Waals surface area contributed by atoms with Gasteiger partial charge in [-0.1, -0.05) is 0 Å². The molecule has 1 saturated heterocycles. The lowest BCUT2D eigenvalue weighted by Gasteiger charge is -2.30. The van der Waals surface area contributed by atoms with Crippen LogP contribution in [0.5, 0.6) is 0 Å². The number of urea groups is 1. The topological polar surface area (TPSA) is 64.6 Å². The van der Waals surface area contributed by atoms with Crippen LogP contribution in [0.4, 0.5) is 20.6 Å². The summed E-state index contributed by atoms with van der Waals surface area (Å²) in [7, 11) is 0. The van der Waals surface area contributed by atoms with Crippen LogP contribution in [-0.2, 0) is 0 Å². The maximum absolute atomic E-state index is 13.6. The molecule has 6 heteroatoms. The number of anilines is 2. The smallest absolute Gasteiger partial charge is 0.319 e. The number of amides is 2.